The molecule has 0 bridgehead atoms. The average molecular weight is 852 g/mol. The fourth-order valence-electron chi connectivity index (χ4n) is 3.67. The Labute approximate surface area is 287 Å². The summed E-state index contributed by atoms with van der Waals surface area (Å²) in [5.74, 6) is -1.89. The van der Waals surface area contributed by atoms with Crippen LogP contribution >= 0.6 is 0 Å². The number of aliphatic imine (C=N–C) groups is 4. The van der Waals surface area contributed by atoms with Crippen LogP contribution in [0.15, 0.2) is 92.8 Å². The van der Waals surface area contributed by atoms with Gasteiger partial charge in [-0.05, 0) is 85.6 Å². The maximum atomic E-state index is 13.0. The molecule has 4 aromatic carbocycles. The molecule has 0 amide bonds. The van der Waals surface area contributed by atoms with Gasteiger partial charge < -0.3 is 20.4 Å². The van der Waals surface area contributed by atoms with E-state index in [1.807, 2.05) is 0 Å². The first-order chi connectivity index (χ1) is 23.5. The number of benzene rings is 4. The summed E-state index contributed by atoms with van der Waals surface area (Å²) >= 11 is -2.25. The molecule has 0 heterocycles. The van der Waals surface area contributed by atoms with E-state index in [2.05, 4.69) is 20.0 Å². The van der Waals surface area contributed by atoms with Crippen molar-refractivity contribution < 1.29 is 63.3 Å². The maximum absolute atomic E-state index is 13.0. The minimum atomic E-state index is -2.25. The van der Waals surface area contributed by atoms with Gasteiger partial charge in [-0.25, -0.2) is 17.6 Å². The minimum absolute atomic E-state index is 0.0326. The Morgan fingerprint density at radius 3 is 0.857 bits per heavy atom. The summed E-state index contributed by atoms with van der Waals surface area (Å²) in [6.07, 6.45) is 6.86. The van der Waals surface area contributed by atoms with E-state index in [1.165, 1.54) is 97.7 Å². The molecule has 0 aromatic heterocycles. The Morgan fingerprint density at radius 1 is 0.449 bits per heavy atom. The van der Waals surface area contributed by atoms with Crippen molar-refractivity contribution in [2.45, 2.75) is 12.8 Å². The number of phenolic OH excluding ortho intramolecular Hbond substituents is 4. The first-order valence-electron chi connectivity index (χ1n) is 14.4. The first kappa shape index (κ1) is 39.9. The molecule has 10 nitrogen and oxygen atoms in total. The molecule has 4 N–H and O–H groups in total. The molecule has 0 unspecified atom stereocenters. The van der Waals surface area contributed by atoms with Gasteiger partial charge >= 0.3 is 25.3 Å². The van der Waals surface area contributed by atoms with Crippen molar-refractivity contribution in [2.24, 2.45) is 20.0 Å². The number of rotatable bonds is 12. The summed E-state index contributed by atoms with van der Waals surface area (Å²) in [4.78, 5) is 16.3. The quantitative estimate of drug-likeness (QED) is 0.0736. The van der Waals surface area contributed by atoms with Crippen molar-refractivity contribution in [3.8, 4) is 23.0 Å². The van der Waals surface area contributed by atoms with Crippen LogP contribution in [0.4, 0.5) is 17.6 Å². The molecule has 0 spiro atoms. The molecule has 0 saturated heterocycles. The van der Waals surface area contributed by atoms with Crippen LogP contribution in [0.5, 0.6) is 23.0 Å². The Bertz CT molecular complexity index is 1570. The Balaban J connectivity index is 0.000000315. The van der Waals surface area contributed by atoms with Crippen LogP contribution in [-0.2, 0) is 25.3 Å². The molecular formula is C34H32F4N4O6W. The summed E-state index contributed by atoms with van der Waals surface area (Å²) < 4.78 is 69.1. The molecule has 15 heteroatoms. The standard InChI is InChI=1S/2C17H16F2N2O2.2O.W/c2*18-14-2-4-16(22)12(8-14)10-20-6-1-7-21-11-13-9-15(19)3-5-17(13)23;;;/h2*2-5,8-11,22-23H,1,6-7H2;;;. The van der Waals surface area contributed by atoms with Crippen molar-refractivity contribution in [3.63, 3.8) is 0 Å². The summed E-state index contributed by atoms with van der Waals surface area (Å²) in [6, 6.07) is 14.6. The zero-order chi connectivity index (χ0) is 36.0. The third kappa shape index (κ3) is 15.9. The predicted molar refractivity (Wildman–Crippen MR) is 173 cm³/mol. The van der Waals surface area contributed by atoms with E-state index in [0.717, 1.165) is 0 Å². The molecule has 0 radical (unpaired) electrons. The fourth-order valence-corrected chi connectivity index (χ4v) is 3.67. The molecule has 4 aromatic rings. The van der Waals surface area contributed by atoms with Crippen LogP contribution in [0.1, 0.15) is 35.1 Å². The second kappa shape index (κ2) is 22.4. The van der Waals surface area contributed by atoms with E-state index in [0.29, 0.717) is 61.3 Å². The molecule has 0 aliphatic rings. The summed E-state index contributed by atoms with van der Waals surface area (Å²) in [7, 11) is 0. The molecule has 0 aliphatic carbocycles. The van der Waals surface area contributed by atoms with E-state index in [4.69, 9.17) is 6.80 Å². The van der Waals surface area contributed by atoms with Crippen LogP contribution in [0.3, 0.4) is 0 Å². The molecule has 0 aliphatic heterocycles. The van der Waals surface area contributed by atoms with E-state index >= 15 is 0 Å². The van der Waals surface area contributed by atoms with Gasteiger partial charge in [-0.3, -0.25) is 20.0 Å². The monoisotopic (exact) mass is 852 g/mol. The van der Waals surface area contributed by atoms with Gasteiger partial charge in [0.1, 0.15) is 46.3 Å². The summed E-state index contributed by atoms with van der Waals surface area (Å²) in [5, 5.41) is 38.1. The Morgan fingerprint density at radius 2 is 0.653 bits per heavy atom. The zero-order valence-corrected chi connectivity index (χ0v) is 28.7. The van der Waals surface area contributed by atoms with Crippen LogP contribution in [0.2, 0.25) is 0 Å². The van der Waals surface area contributed by atoms with Crippen LogP contribution in [-0.4, -0.2) is 71.5 Å². The molecule has 0 fully saturated rings. The number of aromatic hydroxyl groups is 4. The van der Waals surface area contributed by atoms with Gasteiger partial charge in [0, 0.05) is 73.3 Å². The van der Waals surface area contributed by atoms with E-state index in [1.54, 1.807) is 0 Å². The molecule has 0 saturated carbocycles. The predicted octanol–water partition coefficient (Wildman–Crippen LogP) is 6.37. The molecule has 49 heavy (non-hydrogen) atoms. The molecular weight excluding hydrogens is 820 g/mol. The van der Waals surface area contributed by atoms with Crippen molar-refractivity contribution in [3.05, 3.63) is 118 Å². The fraction of sp³-hybridized carbons (Fsp3) is 0.176. The Hall–Kier alpha value is -5.23. The van der Waals surface area contributed by atoms with Crippen molar-refractivity contribution in [1.82, 2.24) is 0 Å². The number of hydrogen-bond acceptors (Lipinski definition) is 10. The SMILES string of the molecule is Oc1ccc(F)cc1C=NCCCN=Cc1cc(F)ccc1O.Oc1ccc(F)cc1C=NCCCN=Cc1cc(F)ccc1O.[O]=[W]=[O]. The number of phenols is 4. The van der Waals surface area contributed by atoms with Gasteiger partial charge in [0.15, 0.2) is 0 Å². The topological polar surface area (TPSA) is 164 Å². The molecule has 4 rings (SSSR count). The van der Waals surface area contributed by atoms with Gasteiger partial charge in [-0.2, -0.15) is 0 Å². The second-order valence-corrected chi connectivity index (χ2v) is 10.2. The summed E-state index contributed by atoms with van der Waals surface area (Å²) in [6.45, 7) is 1.79. The van der Waals surface area contributed by atoms with E-state index < -0.39 is 41.8 Å². The Kier molecular flexibility index (Phi) is 18.2. The summed E-state index contributed by atoms with van der Waals surface area (Å²) in [5.41, 5.74) is 1.27. The van der Waals surface area contributed by atoms with Gasteiger partial charge in [-0.15, -0.1) is 0 Å². The molecule has 258 valence electrons. The van der Waals surface area contributed by atoms with Gasteiger partial charge in [0.05, 0.1) is 0 Å². The number of hydrogen-bond donors (Lipinski definition) is 4. The normalized spacial score (nSPS) is 11.1. The first-order valence-corrected chi connectivity index (χ1v) is 16.8. The van der Waals surface area contributed by atoms with Crippen molar-refractivity contribution in [2.75, 3.05) is 26.2 Å². The van der Waals surface area contributed by atoms with E-state index in [-0.39, 0.29) is 23.0 Å². The van der Waals surface area contributed by atoms with Gasteiger partial charge in [0.25, 0.3) is 0 Å². The third-order valence-electron chi connectivity index (χ3n) is 6.03. The van der Waals surface area contributed by atoms with Crippen molar-refractivity contribution >= 4 is 24.9 Å². The van der Waals surface area contributed by atoms with Crippen molar-refractivity contribution in [1.29, 1.82) is 0 Å². The average Bonchev–Trinajstić information content (AvgIpc) is 3.07. The number of halogens is 4. The van der Waals surface area contributed by atoms with Crippen LogP contribution < -0.4 is 0 Å². The molecule has 0 atom stereocenters. The second-order valence-electron chi connectivity index (χ2n) is 9.73. The van der Waals surface area contributed by atoms with E-state index in [9.17, 15) is 38.0 Å². The van der Waals surface area contributed by atoms with Crippen LogP contribution in [0, 0.1) is 23.3 Å². The van der Waals surface area contributed by atoms with Gasteiger partial charge in [-0.1, -0.05) is 0 Å². The van der Waals surface area contributed by atoms with Gasteiger partial charge in [0.2, 0.25) is 0 Å². The zero-order valence-electron chi connectivity index (χ0n) is 25.8. The third-order valence-corrected chi connectivity index (χ3v) is 6.03. The van der Waals surface area contributed by atoms with Crippen LogP contribution in [0.25, 0.3) is 0 Å². The number of nitrogens with zero attached hydrogens (tertiary/aromatic N) is 4.